The summed E-state index contributed by atoms with van der Waals surface area (Å²) in [5, 5.41) is 4.85. The SMILES string of the molecule is CNc1ncc(S(=O)(=O)N2CC(=O)NC(=O)C2)cc1Cl. The second kappa shape index (κ2) is 5.35. The van der Waals surface area contributed by atoms with Crippen molar-refractivity contribution in [3.63, 3.8) is 0 Å². The Labute approximate surface area is 120 Å². The van der Waals surface area contributed by atoms with E-state index in [4.69, 9.17) is 11.6 Å². The normalized spacial score (nSPS) is 16.9. The van der Waals surface area contributed by atoms with Gasteiger partial charge < -0.3 is 5.32 Å². The van der Waals surface area contributed by atoms with E-state index in [9.17, 15) is 18.0 Å². The first-order valence-electron chi connectivity index (χ1n) is 5.50. The number of carbonyl (C=O) groups is 2. The Kier molecular flexibility index (Phi) is 3.93. The van der Waals surface area contributed by atoms with Crippen LogP contribution < -0.4 is 10.6 Å². The van der Waals surface area contributed by atoms with Crippen molar-refractivity contribution in [3.05, 3.63) is 17.3 Å². The maximum atomic E-state index is 12.3. The number of aromatic nitrogens is 1. The molecule has 0 aromatic carbocycles. The van der Waals surface area contributed by atoms with Gasteiger partial charge in [0, 0.05) is 13.2 Å². The zero-order valence-electron chi connectivity index (χ0n) is 10.4. The number of amides is 2. The van der Waals surface area contributed by atoms with Gasteiger partial charge in [0.2, 0.25) is 21.8 Å². The minimum absolute atomic E-state index is 0.126. The second-order valence-corrected chi connectivity index (χ2v) is 6.34. The third-order valence-corrected chi connectivity index (χ3v) is 4.65. The molecule has 1 saturated heterocycles. The van der Waals surface area contributed by atoms with Crippen molar-refractivity contribution in [2.75, 3.05) is 25.5 Å². The molecule has 2 heterocycles. The standard InChI is InChI=1S/C10H11ClN4O4S/c1-12-10-7(11)2-6(3-13-10)20(18,19)15-4-8(16)14-9(17)5-15/h2-3H,4-5H2,1H3,(H,12,13)(H,14,16,17). The molecule has 2 rings (SSSR count). The van der Waals surface area contributed by atoms with Crippen LogP contribution in [0.4, 0.5) is 5.82 Å². The number of halogens is 1. The lowest BCUT2D eigenvalue weighted by molar-refractivity contribution is -0.134. The lowest BCUT2D eigenvalue weighted by Gasteiger charge is -2.24. The van der Waals surface area contributed by atoms with Crippen molar-refractivity contribution in [1.29, 1.82) is 0 Å². The topological polar surface area (TPSA) is 108 Å². The summed E-state index contributed by atoms with van der Waals surface area (Å²) >= 11 is 5.88. The van der Waals surface area contributed by atoms with Crippen LogP contribution in [0.3, 0.4) is 0 Å². The molecule has 0 aliphatic carbocycles. The van der Waals surface area contributed by atoms with Gasteiger partial charge in [0.1, 0.15) is 10.7 Å². The van der Waals surface area contributed by atoms with E-state index in [1.807, 2.05) is 5.32 Å². The Morgan fingerprint density at radius 2 is 1.95 bits per heavy atom. The number of rotatable bonds is 3. The first kappa shape index (κ1) is 14.7. The summed E-state index contributed by atoms with van der Waals surface area (Å²) in [7, 11) is -2.41. The number of nitrogens with one attached hydrogen (secondary N) is 2. The number of carbonyl (C=O) groups excluding carboxylic acids is 2. The first-order valence-corrected chi connectivity index (χ1v) is 7.32. The van der Waals surface area contributed by atoms with Crippen LogP contribution in [0.25, 0.3) is 0 Å². The number of anilines is 1. The predicted molar refractivity (Wildman–Crippen MR) is 70.7 cm³/mol. The summed E-state index contributed by atoms with van der Waals surface area (Å²) < 4.78 is 25.4. The highest BCUT2D eigenvalue weighted by Gasteiger charge is 2.33. The number of imide groups is 1. The van der Waals surface area contributed by atoms with E-state index in [2.05, 4.69) is 10.3 Å². The fourth-order valence-corrected chi connectivity index (χ4v) is 3.33. The third-order valence-electron chi connectivity index (χ3n) is 2.61. The minimum atomic E-state index is -4.00. The van der Waals surface area contributed by atoms with Gasteiger partial charge >= 0.3 is 0 Å². The molecular formula is C10H11ClN4O4S. The van der Waals surface area contributed by atoms with Crippen molar-refractivity contribution in [3.8, 4) is 0 Å². The molecule has 1 fully saturated rings. The molecule has 1 aliphatic heterocycles. The zero-order valence-corrected chi connectivity index (χ0v) is 12.0. The molecule has 108 valence electrons. The molecule has 8 nitrogen and oxygen atoms in total. The highest BCUT2D eigenvalue weighted by molar-refractivity contribution is 7.89. The van der Waals surface area contributed by atoms with Crippen molar-refractivity contribution < 1.29 is 18.0 Å². The Bertz CT molecular complexity index is 660. The van der Waals surface area contributed by atoms with Crippen LogP contribution >= 0.6 is 11.6 Å². The molecule has 0 atom stereocenters. The Balaban J connectivity index is 2.37. The quantitative estimate of drug-likeness (QED) is 0.722. The van der Waals surface area contributed by atoms with E-state index < -0.39 is 34.9 Å². The van der Waals surface area contributed by atoms with Crippen LogP contribution in [-0.4, -0.2) is 49.7 Å². The molecule has 10 heteroatoms. The van der Waals surface area contributed by atoms with Crippen LogP contribution in [0.5, 0.6) is 0 Å². The number of pyridine rings is 1. The number of piperazine rings is 1. The molecule has 1 aliphatic rings. The van der Waals surface area contributed by atoms with Gasteiger partial charge in [-0.05, 0) is 6.07 Å². The third kappa shape index (κ3) is 2.74. The Morgan fingerprint density at radius 1 is 1.35 bits per heavy atom. The van der Waals surface area contributed by atoms with Crippen LogP contribution in [0.15, 0.2) is 17.2 Å². The van der Waals surface area contributed by atoms with E-state index in [-0.39, 0.29) is 9.92 Å². The van der Waals surface area contributed by atoms with E-state index in [1.54, 1.807) is 7.05 Å². The molecule has 1 aromatic rings. The van der Waals surface area contributed by atoms with E-state index >= 15 is 0 Å². The maximum absolute atomic E-state index is 12.3. The largest absolute Gasteiger partial charge is 0.372 e. The van der Waals surface area contributed by atoms with Gasteiger partial charge in [-0.15, -0.1) is 0 Å². The molecular weight excluding hydrogens is 308 g/mol. The zero-order chi connectivity index (χ0) is 14.9. The number of hydrogen-bond donors (Lipinski definition) is 2. The minimum Gasteiger partial charge on any atom is -0.372 e. The average molecular weight is 319 g/mol. The second-order valence-electron chi connectivity index (χ2n) is 4.00. The Morgan fingerprint density at radius 3 is 2.45 bits per heavy atom. The lowest BCUT2D eigenvalue weighted by Crippen LogP contribution is -2.53. The van der Waals surface area contributed by atoms with Crippen LogP contribution in [0.2, 0.25) is 5.02 Å². The summed E-state index contributed by atoms with van der Waals surface area (Å²) in [5.74, 6) is -1.01. The van der Waals surface area contributed by atoms with Gasteiger partial charge in [0.05, 0.1) is 18.1 Å². The van der Waals surface area contributed by atoms with Gasteiger partial charge in [-0.25, -0.2) is 13.4 Å². The number of sulfonamides is 1. The molecule has 20 heavy (non-hydrogen) atoms. The van der Waals surface area contributed by atoms with Crippen LogP contribution in [-0.2, 0) is 19.6 Å². The maximum Gasteiger partial charge on any atom is 0.245 e. The van der Waals surface area contributed by atoms with Gasteiger partial charge in [-0.3, -0.25) is 14.9 Å². The van der Waals surface area contributed by atoms with Crippen molar-refractivity contribution in [2.24, 2.45) is 0 Å². The molecule has 0 radical (unpaired) electrons. The Hall–Kier alpha value is -1.71. The van der Waals surface area contributed by atoms with Crippen LogP contribution in [0.1, 0.15) is 0 Å². The summed E-state index contributed by atoms with van der Waals surface area (Å²) in [5.41, 5.74) is 0. The lowest BCUT2D eigenvalue weighted by atomic mass is 10.4. The van der Waals surface area contributed by atoms with E-state index in [1.165, 1.54) is 6.07 Å². The number of hydrogen-bond acceptors (Lipinski definition) is 6. The van der Waals surface area contributed by atoms with Crippen molar-refractivity contribution >= 4 is 39.3 Å². The first-order chi connectivity index (χ1) is 9.34. The van der Waals surface area contributed by atoms with Gasteiger partial charge in [-0.2, -0.15) is 4.31 Å². The molecule has 2 amide bonds. The fraction of sp³-hybridized carbons (Fsp3) is 0.300. The highest BCUT2D eigenvalue weighted by atomic mass is 35.5. The van der Waals surface area contributed by atoms with Gasteiger partial charge in [0.25, 0.3) is 0 Å². The monoisotopic (exact) mass is 318 g/mol. The molecule has 0 spiro atoms. The van der Waals surface area contributed by atoms with E-state index in [0.717, 1.165) is 10.5 Å². The molecule has 0 unspecified atom stereocenters. The summed E-state index contributed by atoms with van der Waals surface area (Å²) in [6.45, 7) is -0.834. The fourth-order valence-electron chi connectivity index (χ4n) is 1.68. The highest BCUT2D eigenvalue weighted by Crippen LogP contribution is 2.24. The number of nitrogens with zero attached hydrogens (tertiary/aromatic N) is 2. The average Bonchev–Trinajstić information content (AvgIpc) is 2.37. The predicted octanol–water partition coefficient (Wildman–Crippen LogP) is -0.576. The van der Waals surface area contributed by atoms with Gasteiger partial charge in [0.15, 0.2) is 0 Å². The molecule has 0 saturated carbocycles. The van der Waals surface area contributed by atoms with Gasteiger partial charge in [-0.1, -0.05) is 11.6 Å². The molecule has 0 bridgehead atoms. The summed E-state index contributed by atoms with van der Waals surface area (Å²) in [4.78, 5) is 26.2. The molecule has 2 N–H and O–H groups in total. The smallest absolute Gasteiger partial charge is 0.245 e. The summed E-state index contributed by atoms with van der Waals surface area (Å²) in [6, 6.07) is 1.21. The molecule has 1 aromatic heterocycles. The van der Waals surface area contributed by atoms with Crippen LogP contribution in [0, 0.1) is 0 Å². The van der Waals surface area contributed by atoms with Crippen molar-refractivity contribution in [2.45, 2.75) is 4.90 Å². The summed E-state index contributed by atoms with van der Waals surface area (Å²) in [6.07, 6.45) is 1.12. The van der Waals surface area contributed by atoms with Crippen molar-refractivity contribution in [1.82, 2.24) is 14.6 Å². The van der Waals surface area contributed by atoms with E-state index in [0.29, 0.717) is 5.82 Å².